The fourth-order valence-corrected chi connectivity index (χ4v) is 3.52. The maximum atomic E-state index is 10.5. The molecular formula is C16H28IN3OS. The average molecular weight is 437 g/mol. The standard InChI is InChI=1S/C16H27N3OS.HI/c1-3-17-15(18-11-14-8-7-13(2)21-14)19-12-16(20)9-5-4-6-10-16;/h7-8,20H,3-6,9-12H2,1-2H3,(H2,17,18,19);1H. The topological polar surface area (TPSA) is 56.7 Å². The van der Waals surface area contributed by atoms with Gasteiger partial charge in [0.25, 0.3) is 0 Å². The van der Waals surface area contributed by atoms with Crippen LogP contribution in [0.25, 0.3) is 0 Å². The fourth-order valence-electron chi connectivity index (χ4n) is 2.70. The van der Waals surface area contributed by atoms with Crippen molar-refractivity contribution >= 4 is 41.3 Å². The Morgan fingerprint density at radius 1 is 1.27 bits per heavy atom. The van der Waals surface area contributed by atoms with E-state index in [0.717, 1.165) is 38.2 Å². The molecule has 0 unspecified atom stereocenters. The highest BCUT2D eigenvalue weighted by molar-refractivity contribution is 14.0. The van der Waals surface area contributed by atoms with Gasteiger partial charge in [-0.3, -0.25) is 0 Å². The SMILES string of the molecule is CCNC(=NCc1ccc(C)s1)NCC1(O)CCCCC1.I. The first-order chi connectivity index (χ1) is 10.1. The van der Waals surface area contributed by atoms with Crippen molar-refractivity contribution in [3.05, 3.63) is 21.9 Å². The number of thiophene rings is 1. The second-order valence-corrected chi connectivity index (χ2v) is 7.22. The largest absolute Gasteiger partial charge is 0.388 e. The molecule has 1 fully saturated rings. The number of rotatable bonds is 5. The Balaban J connectivity index is 0.00000242. The third kappa shape index (κ3) is 6.42. The summed E-state index contributed by atoms with van der Waals surface area (Å²) in [6.45, 7) is 6.27. The maximum absolute atomic E-state index is 10.5. The molecule has 1 heterocycles. The number of nitrogens with zero attached hydrogens (tertiary/aromatic N) is 1. The Bertz CT molecular complexity index is 470. The van der Waals surface area contributed by atoms with Crippen LogP contribution in [-0.4, -0.2) is 29.8 Å². The molecule has 0 aromatic carbocycles. The summed E-state index contributed by atoms with van der Waals surface area (Å²) in [7, 11) is 0. The van der Waals surface area contributed by atoms with E-state index in [1.807, 2.05) is 0 Å². The van der Waals surface area contributed by atoms with Gasteiger partial charge in [-0.25, -0.2) is 4.99 Å². The molecule has 0 radical (unpaired) electrons. The summed E-state index contributed by atoms with van der Waals surface area (Å²) in [6.07, 6.45) is 5.28. The van der Waals surface area contributed by atoms with Crippen LogP contribution in [-0.2, 0) is 6.54 Å². The third-order valence-electron chi connectivity index (χ3n) is 3.90. The van der Waals surface area contributed by atoms with Gasteiger partial charge in [0, 0.05) is 22.8 Å². The summed E-state index contributed by atoms with van der Waals surface area (Å²) in [5.41, 5.74) is -0.562. The molecule has 1 aromatic rings. The van der Waals surface area contributed by atoms with Gasteiger partial charge in [-0.2, -0.15) is 0 Å². The minimum atomic E-state index is -0.562. The van der Waals surface area contributed by atoms with Crippen LogP contribution in [0.5, 0.6) is 0 Å². The van der Waals surface area contributed by atoms with E-state index in [0.29, 0.717) is 13.1 Å². The van der Waals surface area contributed by atoms with Crippen molar-refractivity contribution in [2.24, 2.45) is 4.99 Å². The Kier molecular flexibility index (Phi) is 8.71. The smallest absolute Gasteiger partial charge is 0.191 e. The number of hydrogen-bond donors (Lipinski definition) is 3. The summed E-state index contributed by atoms with van der Waals surface area (Å²) >= 11 is 1.78. The van der Waals surface area contributed by atoms with Gasteiger partial charge in [0.1, 0.15) is 0 Å². The molecule has 0 amide bonds. The van der Waals surface area contributed by atoms with Crippen LogP contribution >= 0.6 is 35.3 Å². The third-order valence-corrected chi connectivity index (χ3v) is 4.89. The van der Waals surface area contributed by atoms with E-state index >= 15 is 0 Å². The normalized spacial score (nSPS) is 17.7. The average Bonchev–Trinajstić information content (AvgIpc) is 2.88. The predicted molar refractivity (Wildman–Crippen MR) is 105 cm³/mol. The number of aliphatic imine (C=N–C) groups is 1. The highest BCUT2D eigenvalue weighted by atomic mass is 127. The highest BCUT2D eigenvalue weighted by Crippen LogP contribution is 2.27. The molecule has 0 saturated heterocycles. The first-order valence-corrected chi connectivity index (χ1v) is 8.73. The van der Waals surface area contributed by atoms with Gasteiger partial charge in [-0.1, -0.05) is 19.3 Å². The lowest BCUT2D eigenvalue weighted by Crippen LogP contribution is -2.48. The van der Waals surface area contributed by atoms with Gasteiger partial charge in [-0.15, -0.1) is 35.3 Å². The number of nitrogens with one attached hydrogen (secondary N) is 2. The first kappa shape index (κ1) is 19.7. The Hall–Kier alpha value is -0.340. The Labute approximate surface area is 154 Å². The number of hydrogen-bond acceptors (Lipinski definition) is 3. The van der Waals surface area contributed by atoms with E-state index in [1.165, 1.54) is 16.2 Å². The van der Waals surface area contributed by atoms with Crippen LogP contribution in [0.15, 0.2) is 17.1 Å². The summed E-state index contributed by atoms with van der Waals surface area (Å²) in [6, 6.07) is 4.25. The van der Waals surface area contributed by atoms with E-state index in [4.69, 9.17) is 0 Å². The predicted octanol–water partition coefficient (Wildman–Crippen LogP) is 3.42. The van der Waals surface area contributed by atoms with E-state index in [9.17, 15) is 5.11 Å². The van der Waals surface area contributed by atoms with Crippen LogP contribution in [0, 0.1) is 6.92 Å². The minimum absolute atomic E-state index is 0. The highest BCUT2D eigenvalue weighted by Gasteiger charge is 2.29. The molecule has 0 spiro atoms. The van der Waals surface area contributed by atoms with Crippen molar-refractivity contribution in [1.29, 1.82) is 0 Å². The monoisotopic (exact) mass is 437 g/mol. The zero-order valence-electron chi connectivity index (χ0n) is 13.5. The lowest BCUT2D eigenvalue weighted by Gasteiger charge is -2.32. The van der Waals surface area contributed by atoms with Crippen molar-refractivity contribution in [2.45, 2.75) is 58.1 Å². The molecule has 1 aliphatic carbocycles. The summed E-state index contributed by atoms with van der Waals surface area (Å²) < 4.78 is 0. The maximum Gasteiger partial charge on any atom is 0.191 e. The molecule has 2 rings (SSSR count). The van der Waals surface area contributed by atoms with Gasteiger partial charge in [0.2, 0.25) is 0 Å². The molecule has 0 bridgehead atoms. The summed E-state index contributed by atoms with van der Waals surface area (Å²) in [5.74, 6) is 0.794. The van der Waals surface area contributed by atoms with Crippen molar-refractivity contribution < 1.29 is 5.11 Å². The Morgan fingerprint density at radius 2 is 2.00 bits per heavy atom. The van der Waals surface area contributed by atoms with Crippen LogP contribution in [0.1, 0.15) is 48.8 Å². The van der Waals surface area contributed by atoms with Crippen molar-refractivity contribution in [3.63, 3.8) is 0 Å². The quantitative estimate of drug-likeness (QED) is 0.376. The van der Waals surface area contributed by atoms with Gasteiger partial charge in [0.15, 0.2) is 5.96 Å². The zero-order chi connectivity index (χ0) is 15.1. The molecule has 0 atom stereocenters. The molecule has 22 heavy (non-hydrogen) atoms. The van der Waals surface area contributed by atoms with Crippen LogP contribution in [0.2, 0.25) is 0 Å². The van der Waals surface area contributed by atoms with Gasteiger partial charge >= 0.3 is 0 Å². The molecule has 0 aliphatic heterocycles. The molecule has 1 aliphatic rings. The lowest BCUT2D eigenvalue weighted by molar-refractivity contribution is 0.00859. The van der Waals surface area contributed by atoms with E-state index < -0.39 is 5.60 Å². The minimum Gasteiger partial charge on any atom is -0.388 e. The van der Waals surface area contributed by atoms with Gasteiger partial charge in [-0.05, 0) is 38.8 Å². The molecule has 3 N–H and O–H groups in total. The van der Waals surface area contributed by atoms with E-state index in [-0.39, 0.29) is 24.0 Å². The summed E-state index contributed by atoms with van der Waals surface area (Å²) in [4.78, 5) is 7.19. The molecule has 1 saturated carbocycles. The van der Waals surface area contributed by atoms with Crippen molar-refractivity contribution in [1.82, 2.24) is 10.6 Å². The molecule has 1 aromatic heterocycles. The van der Waals surface area contributed by atoms with Crippen molar-refractivity contribution in [2.75, 3.05) is 13.1 Å². The second kappa shape index (κ2) is 9.72. The van der Waals surface area contributed by atoms with Gasteiger partial charge < -0.3 is 15.7 Å². The number of halogens is 1. The lowest BCUT2D eigenvalue weighted by atomic mass is 9.85. The van der Waals surface area contributed by atoms with Crippen LogP contribution in [0.3, 0.4) is 0 Å². The summed E-state index contributed by atoms with van der Waals surface area (Å²) in [5, 5.41) is 17.1. The fraction of sp³-hybridized carbons (Fsp3) is 0.688. The van der Waals surface area contributed by atoms with Gasteiger partial charge in [0.05, 0.1) is 12.1 Å². The van der Waals surface area contributed by atoms with Crippen molar-refractivity contribution in [3.8, 4) is 0 Å². The Morgan fingerprint density at radius 3 is 2.59 bits per heavy atom. The number of aliphatic hydroxyl groups is 1. The van der Waals surface area contributed by atoms with Crippen LogP contribution in [0.4, 0.5) is 0 Å². The number of guanidine groups is 1. The first-order valence-electron chi connectivity index (χ1n) is 7.91. The molecule has 4 nitrogen and oxygen atoms in total. The molecule has 126 valence electrons. The van der Waals surface area contributed by atoms with E-state index in [1.54, 1.807) is 11.3 Å². The zero-order valence-corrected chi connectivity index (χ0v) is 16.7. The number of aryl methyl sites for hydroxylation is 1. The van der Waals surface area contributed by atoms with E-state index in [2.05, 4.69) is 41.6 Å². The second-order valence-electron chi connectivity index (χ2n) is 5.85. The molecular weight excluding hydrogens is 409 g/mol. The van der Waals surface area contributed by atoms with Crippen LogP contribution < -0.4 is 10.6 Å². The molecule has 6 heteroatoms.